The van der Waals surface area contributed by atoms with Gasteiger partial charge in [-0.05, 0) is 30.7 Å². The van der Waals surface area contributed by atoms with Crippen LogP contribution in [-0.4, -0.2) is 38.6 Å². The zero-order valence-electron chi connectivity index (χ0n) is 15.3. The van der Waals surface area contributed by atoms with Gasteiger partial charge >= 0.3 is 11.9 Å². The lowest BCUT2D eigenvalue weighted by Crippen LogP contribution is -2.16. The van der Waals surface area contributed by atoms with Crippen LogP contribution in [0.25, 0.3) is 0 Å². The van der Waals surface area contributed by atoms with Crippen molar-refractivity contribution < 1.29 is 23.9 Å². The molecule has 27 heavy (non-hydrogen) atoms. The monoisotopic (exact) mass is 370 g/mol. The first-order chi connectivity index (χ1) is 13.1. The fourth-order valence-corrected chi connectivity index (χ4v) is 2.49. The van der Waals surface area contributed by atoms with Gasteiger partial charge < -0.3 is 20.1 Å². The number of hydrogen-bond acceptors (Lipinski definition) is 6. The van der Waals surface area contributed by atoms with E-state index in [0.717, 1.165) is 0 Å². The molecule has 0 aliphatic heterocycles. The number of amides is 1. The summed E-state index contributed by atoms with van der Waals surface area (Å²) in [6, 6.07) is 13.7. The van der Waals surface area contributed by atoms with Crippen LogP contribution < -0.4 is 10.6 Å². The molecule has 0 aliphatic rings. The van der Waals surface area contributed by atoms with E-state index >= 15 is 0 Å². The van der Waals surface area contributed by atoms with Crippen molar-refractivity contribution in [2.75, 3.05) is 31.4 Å². The first-order valence-corrected chi connectivity index (χ1v) is 8.45. The van der Waals surface area contributed by atoms with Crippen LogP contribution in [0.1, 0.15) is 33.6 Å². The Hall–Kier alpha value is -3.35. The van der Waals surface area contributed by atoms with Gasteiger partial charge in [0.2, 0.25) is 5.91 Å². The number of ether oxygens (including phenoxy) is 2. The third kappa shape index (κ3) is 5.57. The quantitative estimate of drug-likeness (QED) is 0.548. The lowest BCUT2D eigenvalue weighted by atomic mass is 10.1. The van der Waals surface area contributed by atoms with E-state index in [2.05, 4.69) is 10.6 Å². The molecule has 2 rings (SSSR count). The molecular formula is C20H22N2O5. The molecule has 0 atom stereocenters. The Labute approximate surface area is 157 Å². The number of hydrogen-bond donors (Lipinski definition) is 2. The second kappa shape index (κ2) is 9.96. The highest BCUT2D eigenvalue weighted by Gasteiger charge is 2.13. The number of anilines is 2. The number of carbonyl (C=O) groups is 3. The molecular weight excluding hydrogens is 348 g/mol. The van der Waals surface area contributed by atoms with Gasteiger partial charge in [-0.15, -0.1) is 0 Å². The van der Waals surface area contributed by atoms with Crippen molar-refractivity contribution in [3.8, 4) is 0 Å². The van der Waals surface area contributed by atoms with Crippen LogP contribution in [0.15, 0.2) is 48.5 Å². The summed E-state index contributed by atoms with van der Waals surface area (Å²) in [6.07, 6.45) is 0.796. The largest absolute Gasteiger partial charge is 0.465 e. The molecule has 2 aromatic rings. The second-order valence-corrected chi connectivity index (χ2v) is 5.65. The van der Waals surface area contributed by atoms with Crippen molar-refractivity contribution in [1.29, 1.82) is 0 Å². The van der Waals surface area contributed by atoms with Gasteiger partial charge in [-0.1, -0.05) is 24.3 Å². The molecule has 2 N–H and O–H groups in total. The number of methoxy groups -OCH3 is 2. The van der Waals surface area contributed by atoms with Gasteiger partial charge in [0.25, 0.3) is 0 Å². The molecule has 0 saturated carbocycles. The maximum Gasteiger partial charge on any atom is 0.339 e. The van der Waals surface area contributed by atoms with Gasteiger partial charge in [-0.25, -0.2) is 9.59 Å². The standard InChI is InChI=1S/C20H22N2O5/c1-26-19(24)14-8-3-5-10-16(14)21-13-7-12-18(23)22-17-11-6-4-9-15(17)20(25)27-2/h3-6,8-11,21H,7,12-13H2,1-2H3,(H,22,23). The summed E-state index contributed by atoms with van der Waals surface area (Å²) in [5, 5.41) is 5.85. The lowest BCUT2D eigenvalue weighted by molar-refractivity contribution is -0.116. The van der Waals surface area contributed by atoms with E-state index in [-0.39, 0.29) is 12.3 Å². The minimum Gasteiger partial charge on any atom is -0.465 e. The van der Waals surface area contributed by atoms with Crippen LogP contribution in [0, 0.1) is 0 Å². The van der Waals surface area contributed by atoms with E-state index in [0.29, 0.717) is 35.5 Å². The normalized spacial score (nSPS) is 10.0. The van der Waals surface area contributed by atoms with Crippen LogP contribution in [-0.2, 0) is 14.3 Å². The molecule has 0 fully saturated rings. The fraction of sp³-hybridized carbons (Fsp3) is 0.250. The molecule has 1 amide bonds. The average molecular weight is 370 g/mol. The lowest BCUT2D eigenvalue weighted by Gasteiger charge is -2.11. The summed E-state index contributed by atoms with van der Waals surface area (Å²) in [5.41, 5.74) is 1.81. The Morgan fingerprint density at radius 1 is 0.815 bits per heavy atom. The Morgan fingerprint density at radius 2 is 1.33 bits per heavy atom. The van der Waals surface area contributed by atoms with Gasteiger partial charge in [0.1, 0.15) is 0 Å². The van der Waals surface area contributed by atoms with Crippen LogP contribution in [0.3, 0.4) is 0 Å². The fourth-order valence-electron chi connectivity index (χ4n) is 2.49. The zero-order chi connectivity index (χ0) is 19.6. The highest BCUT2D eigenvalue weighted by molar-refractivity contribution is 6.01. The minimum absolute atomic E-state index is 0.214. The molecule has 0 heterocycles. The Morgan fingerprint density at radius 3 is 1.93 bits per heavy atom. The summed E-state index contributed by atoms with van der Waals surface area (Å²) in [5.74, 6) is -1.14. The second-order valence-electron chi connectivity index (χ2n) is 5.65. The molecule has 7 heteroatoms. The Kier molecular flexibility index (Phi) is 7.37. The number of nitrogens with one attached hydrogen (secondary N) is 2. The SMILES string of the molecule is COC(=O)c1ccccc1NCCCC(=O)Nc1ccccc1C(=O)OC. The van der Waals surface area contributed by atoms with E-state index in [9.17, 15) is 14.4 Å². The Bertz CT molecular complexity index is 820. The number of benzene rings is 2. The maximum atomic E-state index is 12.1. The summed E-state index contributed by atoms with van der Waals surface area (Å²) in [4.78, 5) is 35.6. The first-order valence-electron chi connectivity index (χ1n) is 8.45. The van der Waals surface area contributed by atoms with E-state index in [4.69, 9.17) is 9.47 Å². The predicted octanol–water partition coefficient (Wildman–Crippen LogP) is 3.09. The maximum absolute atomic E-state index is 12.1. The van der Waals surface area contributed by atoms with Crippen molar-refractivity contribution >= 4 is 29.2 Å². The Balaban J connectivity index is 1.86. The van der Waals surface area contributed by atoms with Crippen LogP contribution in [0.5, 0.6) is 0 Å². The summed E-state index contributed by atoms with van der Waals surface area (Å²) in [6.45, 7) is 0.500. The topological polar surface area (TPSA) is 93.7 Å². The van der Waals surface area contributed by atoms with Gasteiger partial charge in [0, 0.05) is 18.7 Å². The van der Waals surface area contributed by atoms with E-state index < -0.39 is 11.9 Å². The third-order valence-electron chi connectivity index (χ3n) is 3.83. The van der Waals surface area contributed by atoms with E-state index in [1.807, 2.05) is 6.07 Å². The summed E-state index contributed by atoms with van der Waals surface area (Å²) >= 11 is 0. The van der Waals surface area contributed by atoms with Crippen LogP contribution in [0.4, 0.5) is 11.4 Å². The van der Waals surface area contributed by atoms with Crippen LogP contribution in [0.2, 0.25) is 0 Å². The number of carbonyl (C=O) groups excluding carboxylic acids is 3. The van der Waals surface area contributed by atoms with Crippen molar-refractivity contribution in [3.05, 3.63) is 59.7 Å². The van der Waals surface area contributed by atoms with Gasteiger partial charge in [-0.2, -0.15) is 0 Å². The average Bonchev–Trinajstić information content (AvgIpc) is 2.70. The number of para-hydroxylation sites is 2. The molecule has 0 radical (unpaired) electrons. The molecule has 0 aliphatic carbocycles. The molecule has 7 nitrogen and oxygen atoms in total. The molecule has 0 spiro atoms. The van der Waals surface area contributed by atoms with Crippen LogP contribution >= 0.6 is 0 Å². The smallest absolute Gasteiger partial charge is 0.339 e. The zero-order valence-corrected chi connectivity index (χ0v) is 15.3. The van der Waals surface area contributed by atoms with Gasteiger partial charge in [-0.3, -0.25) is 4.79 Å². The van der Waals surface area contributed by atoms with Crippen molar-refractivity contribution in [1.82, 2.24) is 0 Å². The highest BCUT2D eigenvalue weighted by Crippen LogP contribution is 2.17. The molecule has 0 aromatic heterocycles. The van der Waals surface area contributed by atoms with Gasteiger partial charge in [0.15, 0.2) is 0 Å². The number of rotatable bonds is 8. The highest BCUT2D eigenvalue weighted by atomic mass is 16.5. The third-order valence-corrected chi connectivity index (χ3v) is 3.83. The molecule has 2 aromatic carbocycles. The summed E-state index contributed by atoms with van der Waals surface area (Å²) < 4.78 is 9.45. The van der Waals surface area contributed by atoms with E-state index in [1.165, 1.54) is 14.2 Å². The molecule has 0 saturated heterocycles. The molecule has 142 valence electrons. The van der Waals surface area contributed by atoms with Crippen molar-refractivity contribution in [2.24, 2.45) is 0 Å². The summed E-state index contributed by atoms with van der Waals surface area (Å²) in [7, 11) is 2.62. The van der Waals surface area contributed by atoms with E-state index in [1.54, 1.807) is 42.5 Å². The predicted molar refractivity (Wildman–Crippen MR) is 102 cm³/mol. The number of esters is 2. The molecule has 0 unspecified atom stereocenters. The van der Waals surface area contributed by atoms with Gasteiger partial charge in [0.05, 0.1) is 31.0 Å². The van der Waals surface area contributed by atoms with Crippen molar-refractivity contribution in [2.45, 2.75) is 12.8 Å². The molecule has 0 bridgehead atoms. The van der Waals surface area contributed by atoms with Crippen molar-refractivity contribution in [3.63, 3.8) is 0 Å². The first kappa shape index (κ1) is 20.0. The minimum atomic E-state index is -0.507.